The van der Waals surface area contributed by atoms with E-state index < -0.39 is 21.9 Å². The van der Waals surface area contributed by atoms with E-state index in [2.05, 4.69) is 25.1 Å². The molecule has 3 aromatic rings. The molecule has 0 amide bonds. The highest BCUT2D eigenvalue weighted by Gasteiger charge is 2.54. The Bertz CT molecular complexity index is 1230. The molecule has 3 N–H and O–H groups in total. The Labute approximate surface area is 196 Å². The van der Waals surface area contributed by atoms with Crippen molar-refractivity contribution in [2.45, 2.75) is 23.7 Å². The average molecular weight is 523 g/mol. The molecular formula is C18H15Cl2F3N6O3S. The summed E-state index contributed by atoms with van der Waals surface area (Å²) in [7, 11) is -4.39. The van der Waals surface area contributed by atoms with Crippen LogP contribution in [0.3, 0.4) is 0 Å². The van der Waals surface area contributed by atoms with Crippen LogP contribution >= 0.6 is 23.2 Å². The van der Waals surface area contributed by atoms with Crippen molar-refractivity contribution in [2.75, 3.05) is 10.6 Å². The highest BCUT2D eigenvalue weighted by molar-refractivity contribution is 7.89. The van der Waals surface area contributed by atoms with Crippen molar-refractivity contribution >= 4 is 50.7 Å². The van der Waals surface area contributed by atoms with Crippen LogP contribution in [0.5, 0.6) is 0 Å². The number of benzene rings is 1. The van der Waals surface area contributed by atoms with Crippen LogP contribution in [0.2, 0.25) is 10.0 Å². The molecule has 15 heteroatoms. The lowest BCUT2D eigenvalue weighted by Crippen LogP contribution is -2.55. The van der Waals surface area contributed by atoms with Gasteiger partial charge in [0.2, 0.25) is 0 Å². The van der Waals surface area contributed by atoms with Crippen LogP contribution in [0.4, 0.5) is 30.6 Å². The zero-order valence-electron chi connectivity index (χ0n) is 16.6. The van der Waals surface area contributed by atoms with Crippen LogP contribution < -0.4 is 15.5 Å². The Kier molecular flexibility index (Phi) is 7.29. The molecule has 1 unspecified atom stereocenters. The van der Waals surface area contributed by atoms with Gasteiger partial charge in [-0.1, -0.05) is 46.3 Å². The van der Waals surface area contributed by atoms with Gasteiger partial charge < -0.3 is 10.6 Å². The van der Waals surface area contributed by atoms with Gasteiger partial charge in [0.05, 0.1) is 14.9 Å². The highest BCUT2D eigenvalue weighted by atomic mass is 35.5. The number of halogens is 5. The first-order valence-corrected chi connectivity index (χ1v) is 11.1. The topological polar surface area (TPSA) is 118 Å². The van der Waals surface area contributed by atoms with Gasteiger partial charge in [-0.25, -0.2) is 28.2 Å². The number of hydrogen-bond donors (Lipinski definition) is 3. The third-order valence-corrected chi connectivity index (χ3v) is 5.95. The van der Waals surface area contributed by atoms with Crippen LogP contribution in [0.25, 0.3) is 0 Å². The third kappa shape index (κ3) is 6.21. The molecule has 0 aliphatic carbocycles. The normalized spacial score (nSPS) is 13.9. The summed E-state index contributed by atoms with van der Waals surface area (Å²) >= 11 is 11.7. The van der Waals surface area contributed by atoms with Crippen molar-refractivity contribution in [1.82, 2.24) is 19.8 Å². The van der Waals surface area contributed by atoms with Gasteiger partial charge >= 0.3 is 6.18 Å². The minimum absolute atomic E-state index is 0.0628. The molecule has 0 aliphatic heterocycles. The minimum Gasteiger partial charge on any atom is -0.333 e. The SMILES string of the molecule is CC(Nc1cc(Nc2cc(Cl)c(Cl)cn2)ncn1)(ONS(=O)(=O)c1ccccc1)C(F)(F)F. The zero-order valence-corrected chi connectivity index (χ0v) is 18.9. The molecule has 0 spiro atoms. The summed E-state index contributed by atoms with van der Waals surface area (Å²) < 4.78 is 65.9. The van der Waals surface area contributed by atoms with Crippen LogP contribution in [0.15, 0.2) is 59.9 Å². The lowest BCUT2D eigenvalue weighted by atomic mass is 10.2. The molecule has 1 atom stereocenters. The number of aromatic nitrogens is 3. The number of anilines is 3. The van der Waals surface area contributed by atoms with E-state index in [0.29, 0.717) is 6.92 Å². The van der Waals surface area contributed by atoms with Crippen molar-refractivity contribution < 1.29 is 26.4 Å². The van der Waals surface area contributed by atoms with E-state index in [9.17, 15) is 21.6 Å². The van der Waals surface area contributed by atoms with Gasteiger partial charge in [-0.05, 0) is 19.1 Å². The second kappa shape index (κ2) is 9.65. The van der Waals surface area contributed by atoms with Crippen LogP contribution in [0, 0.1) is 0 Å². The summed E-state index contributed by atoms with van der Waals surface area (Å²) in [6.45, 7) is 0.593. The van der Waals surface area contributed by atoms with E-state index in [1.807, 2.05) is 5.32 Å². The molecular weight excluding hydrogens is 508 g/mol. The van der Waals surface area contributed by atoms with Gasteiger partial charge in [-0.3, -0.25) is 0 Å². The summed E-state index contributed by atoms with van der Waals surface area (Å²) in [6, 6.07) is 9.29. The van der Waals surface area contributed by atoms with Crippen molar-refractivity contribution in [3.63, 3.8) is 0 Å². The highest BCUT2D eigenvalue weighted by Crippen LogP contribution is 2.34. The number of alkyl halides is 3. The summed E-state index contributed by atoms with van der Waals surface area (Å²) in [5.41, 5.74) is -3.19. The van der Waals surface area contributed by atoms with Gasteiger partial charge in [-0.2, -0.15) is 13.2 Å². The molecule has 2 heterocycles. The summed E-state index contributed by atoms with van der Waals surface area (Å²) in [4.78, 5) is 17.4. The number of hydrogen-bond acceptors (Lipinski definition) is 8. The fourth-order valence-electron chi connectivity index (χ4n) is 2.29. The monoisotopic (exact) mass is 522 g/mol. The Morgan fingerprint density at radius 1 is 0.939 bits per heavy atom. The number of sulfonamides is 1. The number of pyridine rings is 1. The first kappa shape index (κ1) is 24.9. The molecule has 3 rings (SSSR count). The molecule has 0 aliphatic rings. The second-order valence-electron chi connectivity index (χ2n) is 6.56. The van der Waals surface area contributed by atoms with E-state index in [0.717, 1.165) is 12.4 Å². The summed E-state index contributed by atoms with van der Waals surface area (Å²) in [5.74, 6) is -0.0430. The Morgan fingerprint density at radius 3 is 2.21 bits per heavy atom. The average Bonchev–Trinajstić information content (AvgIpc) is 2.75. The fraction of sp³-hybridized carbons (Fsp3) is 0.167. The quantitative estimate of drug-likeness (QED) is 0.292. The molecule has 33 heavy (non-hydrogen) atoms. The van der Waals surface area contributed by atoms with Crippen molar-refractivity contribution in [2.24, 2.45) is 0 Å². The Morgan fingerprint density at radius 2 is 1.58 bits per heavy atom. The maximum atomic E-state index is 13.8. The van der Waals surface area contributed by atoms with Gasteiger partial charge in [0.25, 0.3) is 15.7 Å². The molecule has 9 nitrogen and oxygen atoms in total. The number of nitrogens with one attached hydrogen (secondary N) is 3. The van der Waals surface area contributed by atoms with Gasteiger partial charge in [0, 0.05) is 18.3 Å². The standard InChI is InChI=1S/C18H15Cl2F3N6O3S/c1-17(18(21,22)23,32-29-33(30,31)11-5-3-2-4-6-11)28-16-8-15(25-10-26-16)27-14-7-12(19)13(20)9-24-14/h2-10,29H,1H3,(H2,24,25,26,27,28). The predicted octanol–water partition coefficient (Wildman–Crippen LogP) is 4.52. The summed E-state index contributed by atoms with van der Waals surface area (Å²) in [5, 5.41) is 5.18. The summed E-state index contributed by atoms with van der Waals surface area (Å²) in [6.07, 6.45) is -2.80. The van der Waals surface area contributed by atoms with Crippen molar-refractivity contribution in [3.05, 3.63) is 65.0 Å². The van der Waals surface area contributed by atoms with E-state index in [-0.39, 0.29) is 32.4 Å². The van der Waals surface area contributed by atoms with Crippen molar-refractivity contribution in [1.29, 1.82) is 0 Å². The molecule has 0 saturated carbocycles. The third-order valence-electron chi connectivity index (χ3n) is 4.05. The predicted molar refractivity (Wildman–Crippen MR) is 116 cm³/mol. The van der Waals surface area contributed by atoms with Gasteiger partial charge in [0.15, 0.2) is 0 Å². The van der Waals surface area contributed by atoms with Gasteiger partial charge in [-0.15, -0.1) is 0 Å². The Hall–Kier alpha value is -2.71. The van der Waals surface area contributed by atoms with Crippen LogP contribution in [-0.4, -0.2) is 35.3 Å². The van der Waals surface area contributed by atoms with E-state index in [4.69, 9.17) is 23.2 Å². The Balaban J connectivity index is 1.80. The van der Waals surface area contributed by atoms with Gasteiger partial charge in [0.1, 0.15) is 23.8 Å². The molecule has 1 aromatic carbocycles. The fourth-order valence-corrected chi connectivity index (χ4v) is 3.44. The maximum absolute atomic E-state index is 13.8. The lowest BCUT2D eigenvalue weighted by molar-refractivity contribution is -0.268. The lowest BCUT2D eigenvalue weighted by Gasteiger charge is -2.32. The number of rotatable bonds is 8. The van der Waals surface area contributed by atoms with Crippen LogP contribution in [-0.2, 0) is 14.9 Å². The smallest absolute Gasteiger partial charge is 0.333 e. The van der Waals surface area contributed by atoms with Crippen molar-refractivity contribution in [3.8, 4) is 0 Å². The molecule has 2 aromatic heterocycles. The zero-order chi connectivity index (χ0) is 24.3. The molecule has 0 bridgehead atoms. The second-order valence-corrected chi connectivity index (χ2v) is 9.01. The largest absolute Gasteiger partial charge is 0.438 e. The van der Waals surface area contributed by atoms with E-state index in [1.165, 1.54) is 41.4 Å². The number of nitrogens with zero attached hydrogens (tertiary/aromatic N) is 3. The van der Waals surface area contributed by atoms with E-state index >= 15 is 0 Å². The first-order chi connectivity index (χ1) is 15.4. The molecule has 0 fully saturated rings. The molecule has 176 valence electrons. The first-order valence-electron chi connectivity index (χ1n) is 8.89. The molecule has 0 saturated heterocycles. The maximum Gasteiger partial charge on any atom is 0.438 e. The minimum atomic E-state index is -5.06. The van der Waals surface area contributed by atoms with Crippen LogP contribution in [0.1, 0.15) is 6.92 Å². The van der Waals surface area contributed by atoms with E-state index in [1.54, 1.807) is 6.07 Å². The molecule has 0 radical (unpaired) electrons.